The molecule has 0 bridgehead atoms. The molecule has 0 saturated carbocycles. The molecule has 52 valence electrons. The fourth-order valence-electron chi connectivity index (χ4n) is 0. The lowest BCUT2D eigenvalue weighted by molar-refractivity contribution is -0.219. The molecule has 0 aliphatic heterocycles. The molecule has 0 N–H and O–H groups in total. The summed E-state index contributed by atoms with van der Waals surface area (Å²) in [4.78, 5) is 0. The van der Waals surface area contributed by atoms with Gasteiger partial charge in [-0.2, -0.15) is 13.2 Å². The second-order valence-electron chi connectivity index (χ2n) is 0.842. The molecule has 0 amide bonds. The van der Waals surface area contributed by atoms with E-state index in [0.29, 0.717) is 0 Å². The summed E-state index contributed by atoms with van der Waals surface area (Å²) in [5.74, 6) is 0. The second kappa shape index (κ2) is 3.41. The van der Waals surface area contributed by atoms with Gasteiger partial charge in [0.15, 0.2) is 0 Å². The van der Waals surface area contributed by atoms with Crippen molar-refractivity contribution in [3.63, 3.8) is 0 Å². The zero-order chi connectivity index (χ0) is 6.08. The number of hydrogen-bond acceptors (Lipinski definition) is 0. The normalized spacial score (nSPS) is 11.2. The molecule has 0 heterocycles. The maximum absolute atomic E-state index is 10.4. The van der Waals surface area contributed by atoms with E-state index in [-0.39, 0.29) is 24.0 Å². The molecule has 0 atom stereocenters. The van der Waals surface area contributed by atoms with Crippen LogP contribution in [0.15, 0.2) is 0 Å². The molecular formula is C2HF5I-. The van der Waals surface area contributed by atoms with Crippen molar-refractivity contribution in [1.82, 2.24) is 0 Å². The largest absolute Gasteiger partial charge is 1.00 e. The first kappa shape index (κ1) is 11.2. The van der Waals surface area contributed by atoms with Crippen molar-refractivity contribution in [2.75, 3.05) is 0 Å². The van der Waals surface area contributed by atoms with Gasteiger partial charge in [0.2, 0.25) is 0 Å². The fourth-order valence-corrected chi connectivity index (χ4v) is 0. The Balaban J connectivity index is 0. The van der Waals surface area contributed by atoms with Gasteiger partial charge in [-0.05, 0) is 0 Å². The average molecular weight is 247 g/mol. The summed E-state index contributed by atoms with van der Waals surface area (Å²) >= 11 is 0. The molecule has 0 unspecified atom stereocenters. The summed E-state index contributed by atoms with van der Waals surface area (Å²) in [5, 5.41) is 0. The van der Waals surface area contributed by atoms with Crippen LogP contribution >= 0.6 is 0 Å². The van der Waals surface area contributed by atoms with Crippen LogP contribution in [0.3, 0.4) is 0 Å². The molecule has 0 radical (unpaired) electrons. The number of rotatable bonds is 0. The van der Waals surface area contributed by atoms with Crippen LogP contribution in [0.5, 0.6) is 0 Å². The third-order valence-electron chi connectivity index (χ3n) is 0.247. The Morgan fingerprint density at radius 2 is 1.12 bits per heavy atom. The lowest BCUT2D eigenvalue weighted by Crippen LogP contribution is -3.00. The van der Waals surface area contributed by atoms with Gasteiger partial charge in [0.05, 0.1) is 0 Å². The monoisotopic (exact) mass is 247 g/mol. The Morgan fingerprint density at radius 1 is 1.00 bits per heavy atom. The van der Waals surface area contributed by atoms with Crippen LogP contribution in [0, 0.1) is 0 Å². The molecule has 0 spiro atoms. The van der Waals surface area contributed by atoms with E-state index in [1.54, 1.807) is 0 Å². The SMILES string of the molecule is FC(F)C(F)(F)F.[I-]. The minimum Gasteiger partial charge on any atom is -1.00 e. The van der Waals surface area contributed by atoms with Gasteiger partial charge < -0.3 is 24.0 Å². The van der Waals surface area contributed by atoms with Crippen molar-refractivity contribution in [3.05, 3.63) is 0 Å². The van der Waals surface area contributed by atoms with Gasteiger partial charge in [0, 0.05) is 0 Å². The first-order chi connectivity index (χ1) is 2.94. The molecule has 0 saturated heterocycles. The molecular weight excluding hydrogens is 246 g/mol. The molecule has 0 aliphatic carbocycles. The van der Waals surface area contributed by atoms with Crippen molar-refractivity contribution in [3.8, 4) is 0 Å². The van der Waals surface area contributed by atoms with Gasteiger partial charge in [-0.15, -0.1) is 0 Å². The van der Waals surface area contributed by atoms with E-state index in [0.717, 1.165) is 0 Å². The van der Waals surface area contributed by atoms with Gasteiger partial charge in [-0.3, -0.25) is 0 Å². The van der Waals surface area contributed by atoms with Crippen LogP contribution in [0.25, 0.3) is 0 Å². The van der Waals surface area contributed by atoms with Gasteiger partial charge in [-0.25, -0.2) is 8.78 Å². The average Bonchev–Trinajstić information content (AvgIpc) is 1.31. The highest BCUT2D eigenvalue weighted by Crippen LogP contribution is 2.22. The summed E-state index contributed by atoms with van der Waals surface area (Å²) in [5.41, 5.74) is 0. The zero-order valence-electron chi connectivity index (χ0n) is 3.35. The summed E-state index contributed by atoms with van der Waals surface area (Å²) in [6.07, 6.45) is -9.53. The molecule has 8 heavy (non-hydrogen) atoms. The molecule has 0 nitrogen and oxygen atoms in total. The molecule has 0 aromatic heterocycles. The van der Waals surface area contributed by atoms with Gasteiger partial charge in [0.1, 0.15) is 0 Å². The first-order valence-electron chi connectivity index (χ1n) is 1.29. The molecule has 0 aliphatic rings. The Kier molecular flexibility index (Phi) is 4.79. The van der Waals surface area contributed by atoms with Crippen LogP contribution < -0.4 is 24.0 Å². The predicted molar refractivity (Wildman–Crippen MR) is 12.1 cm³/mol. The standard InChI is InChI=1S/C2HF5.HI/c3-1(4)2(5,6)7;/h1H;1H/p-1. The van der Waals surface area contributed by atoms with E-state index in [1.165, 1.54) is 0 Å². The van der Waals surface area contributed by atoms with E-state index in [2.05, 4.69) is 0 Å². The van der Waals surface area contributed by atoms with E-state index < -0.39 is 12.6 Å². The molecule has 0 aromatic rings. The fraction of sp³-hybridized carbons (Fsp3) is 1.00. The highest BCUT2D eigenvalue weighted by Gasteiger charge is 2.40. The molecule has 6 heteroatoms. The van der Waals surface area contributed by atoms with E-state index in [4.69, 9.17) is 0 Å². The number of hydrogen-bond donors (Lipinski definition) is 0. The van der Waals surface area contributed by atoms with Crippen LogP contribution in [-0.4, -0.2) is 12.6 Å². The van der Waals surface area contributed by atoms with Crippen molar-refractivity contribution in [1.29, 1.82) is 0 Å². The third kappa shape index (κ3) is 4.54. The van der Waals surface area contributed by atoms with Gasteiger partial charge in [0.25, 0.3) is 0 Å². The van der Waals surface area contributed by atoms with E-state index in [1.807, 2.05) is 0 Å². The molecule has 0 rings (SSSR count). The lowest BCUT2D eigenvalue weighted by atomic mass is 10.7. The van der Waals surface area contributed by atoms with Crippen LogP contribution in [0.4, 0.5) is 22.0 Å². The lowest BCUT2D eigenvalue weighted by Gasteiger charge is -2.00. The van der Waals surface area contributed by atoms with Crippen LogP contribution in [-0.2, 0) is 0 Å². The molecule has 0 fully saturated rings. The second-order valence-corrected chi connectivity index (χ2v) is 0.842. The van der Waals surface area contributed by atoms with Crippen LogP contribution in [0.2, 0.25) is 0 Å². The van der Waals surface area contributed by atoms with E-state index >= 15 is 0 Å². The Bertz CT molecular complexity index is 55.9. The van der Waals surface area contributed by atoms with Crippen molar-refractivity contribution >= 4 is 0 Å². The number of halogens is 6. The smallest absolute Gasteiger partial charge is 0.450 e. The first-order valence-corrected chi connectivity index (χ1v) is 1.29. The number of alkyl halides is 5. The quantitative estimate of drug-likeness (QED) is 0.373. The maximum atomic E-state index is 10.4. The van der Waals surface area contributed by atoms with Gasteiger partial charge in [-0.1, -0.05) is 0 Å². The Labute approximate surface area is 59.1 Å². The minimum atomic E-state index is -5.33. The highest BCUT2D eigenvalue weighted by atomic mass is 127. The summed E-state index contributed by atoms with van der Waals surface area (Å²) < 4.78 is 52.1. The summed E-state index contributed by atoms with van der Waals surface area (Å²) in [6.45, 7) is 0. The van der Waals surface area contributed by atoms with Crippen molar-refractivity contribution in [2.24, 2.45) is 0 Å². The Hall–Kier alpha value is 0.380. The predicted octanol–water partition coefficient (Wildman–Crippen LogP) is -1.18. The maximum Gasteiger partial charge on any atom is 0.450 e. The van der Waals surface area contributed by atoms with Crippen molar-refractivity contribution in [2.45, 2.75) is 12.6 Å². The van der Waals surface area contributed by atoms with E-state index in [9.17, 15) is 22.0 Å². The Morgan fingerprint density at radius 3 is 1.12 bits per heavy atom. The highest BCUT2D eigenvalue weighted by molar-refractivity contribution is 4.48. The summed E-state index contributed by atoms with van der Waals surface area (Å²) in [7, 11) is 0. The topological polar surface area (TPSA) is 0 Å². The van der Waals surface area contributed by atoms with Crippen LogP contribution in [0.1, 0.15) is 0 Å². The van der Waals surface area contributed by atoms with Gasteiger partial charge >= 0.3 is 12.6 Å². The minimum absolute atomic E-state index is 0. The van der Waals surface area contributed by atoms with Crippen molar-refractivity contribution < 1.29 is 45.9 Å². The third-order valence-corrected chi connectivity index (χ3v) is 0.247. The summed E-state index contributed by atoms with van der Waals surface area (Å²) in [6, 6.07) is 0. The molecule has 0 aromatic carbocycles. The zero-order valence-corrected chi connectivity index (χ0v) is 5.50.